The van der Waals surface area contributed by atoms with E-state index in [9.17, 15) is 13.2 Å². The second kappa shape index (κ2) is 6.03. The third-order valence-corrected chi connectivity index (χ3v) is 5.72. The number of carbonyl (C=O) groups is 1. The van der Waals surface area contributed by atoms with Crippen LogP contribution in [0.5, 0.6) is 0 Å². The van der Waals surface area contributed by atoms with Crippen LogP contribution in [0.25, 0.3) is 0 Å². The minimum Gasteiger partial charge on any atom is -0.273 e. The molecule has 1 N–H and O–H groups in total. The van der Waals surface area contributed by atoms with Crippen LogP contribution in [0, 0.1) is 11.8 Å². The predicted molar refractivity (Wildman–Crippen MR) is 74.6 cm³/mol. The van der Waals surface area contributed by atoms with Gasteiger partial charge in [-0.1, -0.05) is 6.92 Å². The summed E-state index contributed by atoms with van der Waals surface area (Å²) in [5, 5.41) is 4.18. The molecule has 1 aliphatic heterocycles. The summed E-state index contributed by atoms with van der Waals surface area (Å²) in [5.41, 5.74) is 3.64. The molecule has 2 rings (SSSR count). The molecule has 1 aliphatic carbocycles. The highest BCUT2D eigenvalue weighted by atomic mass is 32.2. The summed E-state index contributed by atoms with van der Waals surface area (Å²) < 4.78 is 22.6. The van der Waals surface area contributed by atoms with Crippen molar-refractivity contribution in [3.63, 3.8) is 0 Å². The Morgan fingerprint density at radius 3 is 2.84 bits per heavy atom. The molecule has 0 aromatic rings. The van der Waals surface area contributed by atoms with Crippen molar-refractivity contribution < 1.29 is 13.2 Å². The summed E-state index contributed by atoms with van der Waals surface area (Å²) in [5.74, 6) is 0.818. The van der Waals surface area contributed by atoms with E-state index in [-0.39, 0.29) is 29.8 Å². The minimum absolute atomic E-state index is 0.0320. The Hall–Kier alpha value is -0.910. The standard InChI is InChI=1S/C13H22N2O3S/c1-10-3-2-4-12(7-10)14-15-13(16)8-11-5-6-19(17,18)9-11/h10-11H,2-9H2,1H3,(H,15,16)/b14-12+/t10-,11+/m0/s1. The van der Waals surface area contributed by atoms with Crippen LogP contribution >= 0.6 is 0 Å². The Morgan fingerprint density at radius 2 is 2.21 bits per heavy atom. The van der Waals surface area contributed by atoms with Crippen LogP contribution in [0.2, 0.25) is 0 Å². The first kappa shape index (κ1) is 14.5. The number of hydrogen-bond acceptors (Lipinski definition) is 4. The summed E-state index contributed by atoms with van der Waals surface area (Å²) >= 11 is 0. The van der Waals surface area contributed by atoms with Gasteiger partial charge in [0.2, 0.25) is 5.91 Å². The Kier molecular flexibility index (Phi) is 4.60. The Balaban J connectivity index is 1.77. The fourth-order valence-electron chi connectivity index (χ4n) is 2.84. The van der Waals surface area contributed by atoms with Crippen molar-refractivity contribution in [2.75, 3.05) is 11.5 Å². The number of rotatable bonds is 3. The van der Waals surface area contributed by atoms with Gasteiger partial charge in [-0.15, -0.1) is 0 Å². The molecule has 0 aromatic carbocycles. The molecule has 0 aromatic heterocycles. The third-order valence-electron chi connectivity index (χ3n) is 3.89. The Bertz CT molecular complexity index is 470. The molecule has 2 aliphatic rings. The number of hydrogen-bond donors (Lipinski definition) is 1. The molecule has 0 spiro atoms. The van der Waals surface area contributed by atoms with Crippen molar-refractivity contribution in [3.05, 3.63) is 0 Å². The van der Waals surface area contributed by atoms with E-state index in [0.717, 1.165) is 25.0 Å². The molecule has 108 valence electrons. The maximum Gasteiger partial charge on any atom is 0.240 e. The Labute approximate surface area is 114 Å². The van der Waals surface area contributed by atoms with Gasteiger partial charge in [0.15, 0.2) is 9.84 Å². The van der Waals surface area contributed by atoms with Crippen LogP contribution in [0.3, 0.4) is 0 Å². The summed E-state index contributed by atoms with van der Waals surface area (Å²) in [6, 6.07) is 0. The van der Waals surface area contributed by atoms with E-state index in [1.54, 1.807) is 0 Å². The zero-order chi connectivity index (χ0) is 13.9. The molecule has 19 heavy (non-hydrogen) atoms. The number of nitrogens with zero attached hydrogens (tertiary/aromatic N) is 1. The Morgan fingerprint density at radius 1 is 1.42 bits per heavy atom. The molecular formula is C13H22N2O3S. The molecule has 0 unspecified atom stereocenters. The normalized spacial score (nSPS) is 32.4. The van der Waals surface area contributed by atoms with Crippen LogP contribution in [0.4, 0.5) is 0 Å². The number of amides is 1. The molecule has 2 fully saturated rings. The van der Waals surface area contributed by atoms with Gasteiger partial charge < -0.3 is 0 Å². The molecule has 1 saturated heterocycles. The molecular weight excluding hydrogens is 264 g/mol. The second-order valence-electron chi connectivity index (χ2n) is 5.89. The molecule has 0 radical (unpaired) electrons. The van der Waals surface area contributed by atoms with Gasteiger partial charge in [0.1, 0.15) is 0 Å². The lowest BCUT2D eigenvalue weighted by molar-refractivity contribution is -0.121. The van der Waals surface area contributed by atoms with Gasteiger partial charge in [0.05, 0.1) is 11.5 Å². The number of sulfone groups is 1. The lowest BCUT2D eigenvalue weighted by Gasteiger charge is -2.19. The number of hydrazone groups is 1. The van der Waals surface area contributed by atoms with Crippen LogP contribution in [-0.4, -0.2) is 31.5 Å². The lowest BCUT2D eigenvalue weighted by Crippen LogP contribution is -2.24. The topological polar surface area (TPSA) is 75.6 Å². The molecule has 6 heteroatoms. The van der Waals surface area contributed by atoms with Crippen LogP contribution < -0.4 is 5.43 Å². The average molecular weight is 286 g/mol. The highest BCUT2D eigenvalue weighted by Gasteiger charge is 2.29. The minimum atomic E-state index is -2.90. The van der Waals surface area contributed by atoms with Crippen molar-refractivity contribution in [2.45, 2.75) is 45.4 Å². The molecule has 1 amide bonds. The van der Waals surface area contributed by atoms with Crippen LogP contribution in [0.1, 0.15) is 45.4 Å². The van der Waals surface area contributed by atoms with E-state index < -0.39 is 9.84 Å². The summed E-state index contributed by atoms with van der Waals surface area (Å²) in [6.45, 7) is 2.19. The lowest BCUT2D eigenvalue weighted by atomic mass is 9.89. The number of carbonyl (C=O) groups excluding carboxylic acids is 1. The van der Waals surface area contributed by atoms with Crippen LogP contribution in [-0.2, 0) is 14.6 Å². The van der Waals surface area contributed by atoms with Gasteiger partial charge in [-0.25, -0.2) is 13.8 Å². The highest BCUT2D eigenvalue weighted by molar-refractivity contribution is 7.91. The van der Waals surface area contributed by atoms with Gasteiger partial charge in [-0.2, -0.15) is 5.10 Å². The van der Waals surface area contributed by atoms with Gasteiger partial charge >= 0.3 is 0 Å². The van der Waals surface area contributed by atoms with E-state index in [0.29, 0.717) is 12.3 Å². The first-order valence-electron chi connectivity index (χ1n) is 6.99. The van der Waals surface area contributed by atoms with Crippen molar-refractivity contribution in [2.24, 2.45) is 16.9 Å². The van der Waals surface area contributed by atoms with E-state index in [1.807, 2.05) is 0 Å². The molecule has 2 atom stereocenters. The summed E-state index contributed by atoms with van der Waals surface area (Å²) in [7, 11) is -2.90. The molecule has 1 heterocycles. The van der Waals surface area contributed by atoms with Crippen molar-refractivity contribution in [1.29, 1.82) is 0 Å². The smallest absolute Gasteiger partial charge is 0.240 e. The maximum atomic E-state index is 11.7. The van der Waals surface area contributed by atoms with Crippen LogP contribution in [0.15, 0.2) is 5.10 Å². The summed E-state index contributed by atoms with van der Waals surface area (Å²) in [4.78, 5) is 11.7. The second-order valence-corrected chi connectivity index (χ2v) is 8.12. The first-order chi connectivity index (χ1) is 8.94. The quantitative estimate of drug-likeness (QED) is 0.799. The summed E-state index contributed by atoms with van der Waals surface area (Å²) in [6.07, 6.45) is 5.15. The first-order valence-corrected chi connectivity index (χ1v) is 8.81. The third kappa shape index (κ3) is 4.60. The fraction of sp³-hybridized carbons (Fsp3) is 0.846. The van der Waals surface area contributed by atoms with Gasteiger partial charge in [0, 0.05) is 12.1 Å². The fourth-order valence-corrected chi connectivity index (χ4v) is 4.71. The van der Waals surface area contributed by atoms with E-state index in [4.69, 9.17) is 0 Å². The molecule has 0 bridgehead atoms. The van der Waals surface area contributed by atoms with E-state index in [1.165, 1.54) is 6.42 Å². The van der Waals surface area contributed by atoms with E-state index in [2.05, 4.69) is 17.5 Å². The highest BCUT2D eigenvalue weighted by Crippen LogP contribution is 2.22. The maximum absolute atomic E-state index is 11.7. The molecule has 5 nitrogen and oxygen atoms in total. The SMILES string of the molecule is C[C@H]1CCC/C(=N\NC(=O)C[C@H]2CCS(=O)(=O)C2)C1. The van der Waals surface area contributed by atoms with Gasteiger partial charge in [-0.05, 0) is 43.9 Å². The average Bonchev–Trinajstić information content (AvgIpc) is 2.66. The van der Waals surface area contributed by atoms with Gasteiger partial charge in [-0.3, -0.25) is 4.79 Å². The van der Waals surface area contributed by atoms with Crippen molar-refractivity contribution in [3.8, 4) is 0 Å². The van der Waals surface area contributed by atoms with Gasteiger partial charge in [0.25, 0.3) is 0 Å². The van der Waals surface area contributed by atoms with Crippen molar-refractivity contribution in [1.82, 2.24) is 5.43 Å². The predicted octanol–water partition coefficient (Wildman–Crippen LogP) is 1.49. The number of nitrogens with one attached hydrogen (secondary N) is 1. The zero-order valence-corrected chi connectivity index (χ0v) is 12.2. The largest absolute Gasteiger partial charge is 0.273 e. The molecule has 1 saturated carbocycles. The van der Waals surface area contributed by atoms with E-state index >= 15 is 0 Å². The zero-order valence-electron chi connectivity index (χ0n) is 11.4. The van der Waals surface area contributed by atoms with Crippen molar-refractivity contribution >= 4 is 21.5 Å². The monoisotopic (exact) mass is 286 g/mol.